The molecule has 11 rings (SSSR count). The summed E-state index contributed by atoms with van der Waals surface area (Å²) in [5, 5.41) is 7.22. The van der Waals surface area contributed by atoms with Gasteiger partial charge in [-0.2, -0.15) is 0 Å². The van der Waals surface area contributed by atoms with Gasteiger partial charge in [-0.05, 0) is 103 Å². The van der Waals surface area contributed by atoms with Crippen molar-refractivity contribution in [1.29, 1.82) is 0 Å². The monoisotopic (exact) mass is 739 g/mol. The van der Waals surface area contributed by atoms with Gasteiger partial charge in [0, 0.05) is 33.3 Å². The fourth-order valence-electron chi connectivity index (χ4n) is 8.63. The van der Waals surface area contributed by atoms with E-state index in [2.05, 4.69) is 217 Å². The molecule has 10 aromatic carbocycles. The average Bonchev–Trinajstić information content (AvgIpc) is 3.68. The highest BCUT2D eigenvalue weighted by Gasteiger charge is 2.20. The van der Waals surface area contributed by atoms with Crippen LogP contribution >= 0.6 is 0 Å². The number of benzene rings is 10. The Bertz CT molecular complexity index is 3290. The Balaban J connectivity index is 1.06. The molecule has 0 radical (unpaired) electrons. The summed E-state index contributed by atoms with van der Waals surface area (Å²) >= 11 is 0. The zero-order valence-electron chi connectivity index (χ0n) is 31.7. The molecule has 0 aliphatic heterocycles. The summed E-state index contributed by atoms with van der Waals surface area (Å²) < 4.78 is 6.46. The van der Waals surface area contributed by atoms with Gasteiger partial charge < -0.3 is 9.32 Å². The number of fused-ring (bicyclic) bond motifs is 5. The molecule has 2 heteroatoms. The fourth-order valence-corrected chi connectivity index (χ4v) is 8.63. The number of para-hydroxylation sites is 3. The maximum absolute atomic E-state index is 6.46. The van der Waals surface area contributed by atoms with Gasteiger partial charge in [-0.25, -0.2) is 0 Å². The molecule has 0 saturated heterocycles. The maximum atomic E-state index is 6.46. The number of furan rings is 1. The number of nitrogens with zero attached hydrogens (tertiary/aromatic N) is 1. The van der Waals surface area contributed by atoms with Crippen LogP contribution in [0.2, 0.25) is 0 Å². The molecule has 0 aliphatic carbocycles. The topological polar surface area (TPSA) is 16.4 Å². The molecule has 0 aliphatic rings. The maximum Gasteiger partial charge on any atom is 0.143 e. The minimum Gasteiger partial charge on any atom is -0.455 e. The Morgan fingerprint density at radius 3 is 1.78 bits per heavy atom. The van der Waals surface area contributed by atoms with E-state index in [4.69, 9.17) is 4.42 Å². The molecule has 0 N–H and O–H groups in total. The average molecular weight is 740 g/mol. The summed E-state index contributed by atoms with van der Waals surface area (Å²) in [6.07, 6.45) is 0. The van der Waals surface area contributed by atoms with Gasteiger partial charge in [0.1, 0.15) is 11.2 Å². The lowest BCUT2D eigenvalue weighted by atomic mass is 9.95. The Hall–Kier alpha value is -7.68. The highest BCUT2D eigenvalue weighted by Crippen LogP contribution is 2.44. The second-order valence-electron chi connectivity index (χ2n) is 14.9. The van der Waals surface area contributed by atoms with Crippen molar-refractivity contribution in [3.63, 3.8) is 0 Å². The van der Waals surface area contributed by atoms with Crippen molar-refractivity contribution in [1.82, 2.24) is 0 Å². The van der Waals surface area contributed by atoms with E-state index in [1.54, 1.807) is 0 Å². The molecule has 2 nitrogen and oxygen atoms in total. The lowest BCUT2D eigenvalue weighted by Gasteiger charge is -2.28. The van der Waals surface area contributed by atoms with E-state index in [0.717, 1.165) is 61.3 Å². The van der Waals surface area contributed by atoms with Crippen LogP contribution in [-0.2, 0) is 0 Å². The summed E-state index contributed by atoms with van der Waals surface area (Å²) in [4.78, 5) is 2.40. The minimum atomic E-state index is 0.903. The van der Waals surface area contributed by atoms with Gasteiger partial charge in [0.25, 0.3) is 0 Å². The lowest BCUT2D eigenvalue weighted by molar-refractivity contribution is 0.670. The molecule has 0 bridgehead atoms. The number of hydrogen-bond donors (Lipinski definition) is 0. The third-order valence-electron chi connectivity index (χ3n) is 11.4. The third-order valence-corrected chi connectivity index (χ3v) is 11.4. The standard InChI is InChI=1S/C56H37NO/c1-2-15-41-35-43(30-29-38(41)13-1)42-17-9-18-44(36-42)50-22-5-7-27-54(50)57(47-20-10-19-45(37-47)49-24-11-16-39-14-3-4-21-48(39)49)46-33-31-40(32-34-46)51-25-12-26-53-52-23-6-8-28-55(52)58-56(51)53/h1-37H. The molecule has 1 aromatic heterocycles. The lowest BCUT2D eigenvalue weighted by Crippen LogP contribution is -2.11. The molecule has 0 amide bonds. The normalized spacial score (nSPS) is 11.4. The van der Waals surface area contributed by atoms with E-state index in [-0.39, 0.29) is 0 Å². The number of rotatable bonds is 7. The van der Waals surface area contributed by atoms with Crippen molar-refractivity contribution < 1.29 is 4.42 Å². The van der Waals surface area contributed by atoms with Gasteiger partial charge in [-0.1, -0.05) is 176 Å². The van der Waals surface area contributed by atoms with E-state index in [0.29, 0.717) is 0 Å². The van der Waals surface area contributed by atoms with Gasteiger partial charge >= 0.3 is 0 Å². The molecule has 1 heterocycles. The second kappa shape index (κ2) is 14.1. The van der Waals surface area contributed by atoms with Crippen LogP contribution in [0, 0.1) is 0 Å². The van der Waals surface area contributed by atoms with E-state index < -0.39 is 0 Å². The van der Waals surface area contributed by atoms with Crippen molar-refractivity contribution in [2.45, 2.75) is 0 Å². The predicted molar refractivity (Wildman–Crippen MR) is 245 cm³/mol. The highest BCUT2D eigenvalue weighted by atomic mass is 16.3. The summed E-state index contributed by atoms with van der Waals surface area (Å²) in [6, 6.07) is 80.8. The summed E-state index contributed by atoms with van der Waals surface area (Å²) in [5.41, 5.74) is 14.3. The highest BCUT2D eigenvalue weighted by molar-refractivity contribution is 6.09. The molecule has 0 spiro atoms. The molecular formula is C56H37NO. The first-order valence-corrected chi connectivity index (χ1v) is 19.8. The molecule has 11 aromatic rings. The first-order valence-electron chi connectivity index (χ1n) is 19.8. The van der Waals surface area contributed by atoms with E-state index in [1.807, 2.05) is 12.1 Å². The van der Waals surface area contributed by atoms with Gasteiger partial charge in [0.15, 0.2) is 0 Å². The van der Waals surface area contributed by atoms with Crippen LogP contribution in [0.4, 0.5) is 17.1 Å². The van der Waals surface area contributed by atoms with E-state index in [1.165, 1.54) is 43.8 Å². The molecule has 0 unspecified atom stereocenters. The van der Waals surface area contributed by atoms with Crippen molar-refractivity contribution in [2.24, 2.45) is 0 Å². The Morgan fingerprint density at radius 1 is 0.293 bits per heavy atom. The van der Waals surface area contributed by atoms with Crippen LogP contribution in [0.25, 0.3) is 88.0 Å². The minimum absolute atomic E-state index is 0.903. The molecular weight excluding hydrogens is 703 g/mol. The third kappa shape index (κ3) is 5.91. The zero-order valence-corrected chi connectivity index (χ0v) is 31.7. The Kier molecular flexibility index (Phi) is 8.19. The molecule has 0 atom stereocenters. The van der Waals surface area contributed by atoms with Crippen LogP contribution < -0.4 is 4.90 Å². The Morgan fingerprint density at radius 2 is 0.879 bits per heavy atom. The van der Waals surface area contributed by atoms with Crippen LogP contribution in [0.1, 0.15) is 0 Å². The summed E-state index contributed by atoms with van der Waals surface area (Å²) in [7, 11) is 0. The van der Waals surface area contributed by atoms with Crippen LogP contribution in [0.3, 0.4) is 0 Å². The number of hydrogen-bond acceptors (Lipinski definition) is 2. The SMILES string of the molecule is c1cc(-c2ccc3ccccc3c2)cc(-c2ccccc2N(c2ccc(-c3cccc4c3oc3ccccc34)cc2)c2cccc(-c3cccc4ccccc34)c2)c1. The zero-order chi connectivity index (χ0) is 38.4. The smallest absolute Gasteiger partial charge is 0.143 e. The predicted octanol–water partition coefficient (Wildman–Crippen LogP) is 16.0. The van der Waals surface area contributed by atoms with Gasteiger partial charge in [-0.15, -0.1) is 0 Å². The first kappa shape index (κ1) is 33.6. The van der Waals surface area contributed by atoms with Crippen molar-refractivity contribution in [3.05, 3.63) is 224 Å². The van der Waals surface area contributed by atoms with Crippen molar-refractivity contribution in [3.8, 4) is 44.5 Å². The molecule has 0 saturated carbocycles. The van der Waals surface area contributed by atoms with E-state index in [9.17, 15) is 0 Å². The van der Waals surface area contributed by atoms with Crippen LogP contribution in [0.15, 0.2) is 229 Å². The summed E-state index contributed by atoms with van der Waals surface area (Å²) in [5.74, 6) is 0. The van der Waals surface area contributed by atoms with Crippen LogP contribution in [0.5, 0.6) is 0 Å². The second-order valence-corrected chi connectivity index (χ2v) is 14.9. The fraction of sp³-hybridized carbons (Fsp3) is 0. The quantitative estimate of drug-likeness (QED) is 0.162. The van der Waals surface area contributed by atoms with Crippen molar-refractivity contribution >= 4 is 60.5 Å². The van der Waals surface area contributed by atoms with Gasteiger partial charge in [-0.3, -0.25) is 0 Å². The van der Waals surface area contributed by atoms with Gasteiger partial charge in [0.05, 0.1) is 5.69 Å². The van der Waals surface area contributed by atoms with Crippen molar-refractivity contribution in [2.75, 3.05) is 4.90 Å². The molecule has 0 fully saturated rings. The molecule has 58 heavy (non-hydrogen) atoms. The van der Waals surface area contributed by atoms with Gasteiger partial charge in [0.2, 0.25) is 0 Å². The largest absolute Gasteiger partial charge is 0.455 e. The first-order chi connectivity index (χ1) is 28.7. The molecule has 272 valence electrons. The van der Waals surface area contributed by atoms with E-state index >= 15 is 0 Å². The van der Waals surface area contributed by atoms with Crippen LogP contribution in [-0.4, -0.2) is 0 Å². The summed E-state index contributed by atoms with van der Waals surface area (Å²) in [6.45, 7) is 0. The Labute approximate surface area is 337 Å². The number of anilines is 3.